The van der Waals surface area contributed by atoms with E-state index < -0.39 is 10.0 Å². The van der Waals surface area contributed by atoms with Gasteiger partial charge >= 0.3 is 0 Å². The van der Waals surface area contributed by atoms with Gasteiger partial charge in [0.2, 0.25) is 10.0 Å². The highest BCUT2D eigenvalue weighted by Gasteiger charge is 2.18. The van der Waals surface area contributed by atoms with Gasteiger partial charge in [-0.25, -0.2) is 13.1 Å². The van der Waals surface area contributed by atoms with Crippen LogP contribution in [-0.2, 0) is 10.0 Å². The highest BCUT2D eigenvalue weighted by Crippen LogP contribution is 2.20. The SMILES string of the molecule is CNC(=O)c1cc(S(=O)(=O)NC)c(C)cc1C. The lowest BCUT2D eigenvalue weighted by Crippen LogP contribution is -2.23. The Morgan fingerprint density at radius 2 is 1.71 bits per heavy atom. The molecule has 0 fully saturated rings. The molecule has 0 spiro atoms. The quantitative estimate of drug-likeness (QED) is 0.830. The molecule has 0 radical (unpaired) electrons. The number of carbonyl (C=O) groups is 1. The van der Waals surface area contributed by atoms with Crippen LogP contribution in [0.4, 0.5) is 0 Å². The molecule has 2 N–H and O–H groups in total. The average molecular weight is 256 g/mol. The summed E-state index contributed by atoms with van der Waals surface area (Å²) < 4.78 is 25.7. The Bertz CT molecular complexity index is 550. The molecule has 1 aromatic rings. The van der Waals surface area contributed by atoms with Crippen LogP contribution < -0.4 is 10.0 Å². The van der Waals surface area contributed by atoms with E-state index in [-0.39, 0.29) is 10.8 Å². The van der Waals surface area contributed by atoms with Crippen LogP contribution in [0.5, 0.6) is 0 Å². The molecular weight excluding hydrogens is 240 g/mol. The second-order valence-electron chi connectivity index (χ2n) is 3.72. The van der Waals surface area contributed by atoms with Crippen molar-refractivity contribution in [3.05, 3.63) is 28.8 Å². The molecule has 0 saturated carbocycles. The lowest BCUT2D eigenvalue weighted by atomic mass is 10.1. The third kappa shape index (κ3) is 2.65. The fourth-order valence-corrected chi connectivity index (χ4v) is 2.59. The molecule has 17 heavy (non-hydrogen) atoms. The number of amides is 1. The first-order valence-electron chi connectivity index (χ1n) is 5.10. The monoisotopic (exact) mass is 256 g/mol. The molecule has 0 aromatic heterocycles. The predicted octanol–water partition coefficient (Wildman–Crippen LogP) is 0.571. The van der Waals surface area contributed by atoms with Gasteiger partial charge in [-0.2, -0.15) is 0 Å². The van der Waals surface area contributed by atoms with E-state index >= 15 is 0 Å². The molecule has 1 amide bonds. The van der Waals surface area contributed by atoms with Crippen molar-refractivity contribution in [2.45, 2.75) is 18.7 Å². The van der Waals surface area contributed by atoms with E-state index in [9.17, 15) is 13.2 Å². The summed E-state index contributed by atoms with van der Waals surface area (Å²) in [5.41, 5.74) is 1.73. The van der Waals surface area contributed by atoms with Crippen LogP contribution in [0, 0.1) is 13.8 Å². The highest BCUT2D eigenvalue weighted by molar-refractivity contribution is 7.89. The number of aryl methyl sites for hydroxylation is 2. The van der Waals surface area contributed by atoms with Crippen LogP contribution in [0.3, 0.4) is 0 Å². The van der Waals surface area contributed by atoms with Gasteiger partial charge in [0.15, 0.2) is 0 Å². The molecule has 0 unspecified atom stereocenters. The number of rotatable bonds is 3. The second kappa shape index (κ2) is 4.85. The molecule has 0 heterocycles. The molecule has 94 valence electrons. The van der Waals surface area contributed by atoms with E-state index in [1.54, 1.807) is 19.9 Å². The minimum Gasteiger partial charge on any atom is -0.355 e. The fraction of sp³-hybridized carbons (Fsp3) is 0.364. The first-order valence-corrected chi connectivity index (χ1v) is 6.58. The molecular formula is C11H16N2O3S. The third-order valence-corrected chi connectivity index (χ3v) is 4.11. The zero-order chi connectivity index (χ0) is 13.2. The van der Waals surface area contributed by atoms with Crippen molar-refractivity contribution in [2.24, 2.45) is 0 Å². The van der Waals surface area contributed by atoms with E-state index in [1.165, 1.54) is 20.2 Å². The Morgan fingerprint density at radius 1 is 1.12 bits per heavy atom. The van der Waals surface area contributed by atoms with Gasteiger partial charge in [0.05, 0.1) is 4.90 Å². The molecule has 0 aliphatic carbocycles. The summed E-state index contributed by atoms with van der Waals surface area (Å²) in [5, 5.41) is 2.48. The summed E-state index contributed by atoms with van der Waals surface area (Å²) >= 11 is 0. The standard InChI is InChI=1S/C11H16N2O3S/c1-7-5-8(2)10(17(15,16)13-4)6-9(7)11(14)12-3/h5-6,13H,1-4H3,(H,12,14). The summed E-state index contributed by atoms with van der Waals surface area (Å²) in [7, 11) is -0.691. The van der Waals surface area contributed by atoms with Gasteiger partial charge < -0.3 is 5.32 Å². The summed E-state index contributed by atoms with van der Waals surface area (Å²) in [5.74, 6) is -0.296. The number of sulfonamides is 1. The smallest absolute Gasteiger partial charge is 0.251 e. The van der Waals surface area contributed by atoms with Gasteiger partial charge in [-0.3, -0.25) is 4.79 Å². The molecule has 0 bridgehead atoms. The Morgan fingerprint density at radius 3 is 2.18 bits per heavy atom. The zero-order valence-electron chi connectivity index (χ0n) is 10.3. The van der Waals surface area contributed by atoms with Crippen LogP contribution in [0.1, 0.15) is 21.5 Å². The van der Waals surface area contributed by atoms with Crippen molar-refractivity contribution < 1.29 is 13.2 Å². The Hall–Kier alpha value is -1.40. The van der Waals surface area contributed by atoms with Gasteiger partial charge in [-0.15, -0.1) is 0 Å². The lowest BCUT2D eigenvalue weighted by Gasteiger charge is -2.11. The number of carbonyl (C=O) groups excluding carboxylic acids is 1. The predicted molar refractivity (Wildman–Crippen MR) is 65.6 cm³/mol. The highest BCUT2D eigenvalue weighted by atomic mass is 32.2. The largest absolute Gasteiger partial charge is 0.355 e. The molecule has 5 nitrogen and oxygen atoms in total. The van der Waals surface area contributed by atoms with Gasteiger partial charge in [0.25, 0.3) is 5.91 Å². The van der Waals surface area contributed by atoms with Crippen molar-refractivity contribution in [3.8, 4) is 0 Å². The summed E-state index contributed by atoms with van der Waals surface area (Å²) in [6.45, 7) is 3.47. The molecule has 6 heteroatoms. The fourth-order valence-electron chi connectivity index (χ4n) is 1.61. The molecule has 0 aliphatic heterocycles. The van der Waals surface area contributed by atoms with Gasteiger partial charge in [-0.05, 0) is 38.1 Å². The number of nitrogens with one attached hydrogen (secondary N) is 2. The maximum Gasteiger partial charge on any atom is 0.251 e. The van der Waals surface area contributed by atoms with Gasteiger partial charge in [0.1, 0.15) is 0 Å². The summed E-state index contributed by atoms with van der Waals surface area (Å²) in [4.78, 5) is 11.7. The van der Waals surface area contributed by atoms with Crippen LogP contribution in [0.25, 0.3) is 0 Å². The minimum absolute atomic E-state index is 0.129. The minimum atomic E-state index is -3.54. The maximum absolute atomic E-state index is 11.8. The van der Waals surface area contributed by atoms with E-state index in [0.717, 1.165) is 5.56 Å². The number of hydrogen-bond donors (Lipinski definition) is 2. The van der Waals surface area contributed by atoms with Crippen LogP contribution in [0.15, 0.2) is 17.0 Å². The van der Waals surface area contributed by atoms with E-state index in [1.807, 2.05) is 0 Å². The topological polar surface area (TPSA) is 75.3 Å². The Kier molecular flexibility index (Phi) is 3.90. The van der Waals surface area contributed by atoms with E-state index in [0.29, 0.717) is 11.1 Å². The van der Waals surface area contributed by atoms with E-state index in [2.05, 4.69) is 10.0 Å². The van der Waals surface area contributed by atoms with E-state index in [4.69, 9.17) is 0 Å². The van der Waals surface area contributed by atoms with Crippen molar-refractivity contribution in [1.29, 1.82) is 0 Å². The van der Waals surface area contributed by atoms with Crippen molar-refractivity contribution >= 4 is 15.9 Å². The zero-order valence-corrected chi connectivity index (χ0v) is 11.1. The number of hydrogen-bond acceptors (Lipinski definition) is 3. The van der Waals surface area contributed by atoms with Crippen LogP contribution >= 0.6 is 0 Å². The molecule has 1 rings (SSSR count). The first kappa shape index (κ1) is 13.7. The molecule has 0 aliphatic rings. The van der Waals surface area contributed by atoms with Crippen LogP contribution in [0.2, 0.25) is 0 Å². The van der Waals surface area contributed by atoms with Crippen molar-refractivity contribution in [3.63, 3.8) is 0 Å². The second-order valence-corrected chi connectivity index (χ2v) is 5.57. The number of benzene rings is 1. The normalized spacial score (nSPS) is 11.3. The Labute approximate surface area is 101 Å². The molecule has 1 aromatic carbocycles. The Balaban J connectivity index is 3.50. The molecule has 0 atom stereocenters. The van der Waals surface area contributed by atoms with Crippen molar-refractivity contribution in [2.75, 3.05) is 14.1 Å². The maximum atomic E-state index is 11.8. The first-order chi connectivity index (χ1) is 7.83. The van der Waals surface area contributed by atoms with Gasteiger partial charge in [-0.1, -0.05) is 6.07 Å². The third-order valence-electron chi connectivity index (χ3n) is 2.55. The van der Waals surface area contributed by atoms with Crippen molar-refractivity contribution in [1.82, 2.24) is 10.0 Å². The van der Waals surface area contributed by atoms with Crippen LogP contribution in [-0.4, -0.2) is 28.4 Å². The molecule has 0 saturated heterocycles. The average Bonchev–Trinajstić information content (AvgIpc) is 2.27. The summed E-state index contributed by atoms with van der Waals surface area (Å²) in [6.07, 6.45) is 0. The summed E-state index contributed by atoms with van der Waals surface area (Å²) in [6, 6.07) is 3.09. The van der Waals surface area contributed by atoms with Gasteiger partial charge in [0, 0.05) is 12.6 Å². The lowest BCUT2D eigenvalue weighted by molar-refractivity contribution is 0.0962.